The number of piperazine rings is 1. The molecule has 0 unspecified atom stereocenters. The van der Waals surface area contributed by atoms with Gasteiger partial charge in [0.05, 0.1) is 25.0 Å². The van der Waals surface area contributed by atoms with Gasteiger partial charge in [0.15, 0.2) is 11.4 Å². The van der Waals surface area contributed by atoms with E-state index in [0.29, 0.717) is 49.4 Å². The molecule has 0 aliphatic carbocycles. The fourth-order valence-corrected chi connectivity index (χ4v) is 3.54. The molecule has 4 aromatic rings. The topological polar surface area (TPSA) is 112 Å². The van der Waals surface area contributed by atoms with Crippen LogP contribution in [-0.2, 0) is 0 Å². The van der Waals surface area contributed by atoms with Gasteiger partial charge in [0.1, 0.15) is 11.6 Å². The van der Waals surface area contributed by atoms with E-state index in [0.717, 1.165) is 16.8 Å². The van der Waals surface area contributed by atoms with Crippen molar-refractivity contribution in [1.82, 2.24) is 25.1 Å². The largest absolute Gasteiger partial charge is 0.497 e. The molecule has 10 heteroatoms. The lowest BCUT2D eigenvalue weighted by molar-refractivity contribution is 0.0714. The molecule has 1 aliphatic heterocycles. The van der Waals surface area contributed by atoms with E-state index in [2.05, 4.69) is 25.4 Å². The van der Waals surface area contributed by atoms with Crippen LogP contribution < -0.4 is 15.0 Å². The first kappa shape index (κ1) is 18.9. The number of benzene rings is 1. The number of furan rings is 1. The van der Waals surface area contributed by atoms with Gasteiger partial charge in [0.2, 0.25) is 5.95 Å². The van der Waals surface area contributed by atoms with Crippen LogP contribution in [0.25, 0.3) is 11.0 Å². The SMILES string of the molecule is COc1ccc(Nc2nc(N3CCN(C(=O)c4ccco4)CC3)nc3[nH]ncc23)cc1. The lowest BCUT2D eigenvalue weighted by Gasteiger charge is -2.34. The van der Waals surface area contributed by atoms with Crippen molar-refractivity contribution in [3.63, 3.8) is 0 Å². The molecular formula is C21H21N7O3. The van der Waals surface area contributed by atoms with Gasteiger partial charge < -0.3 is 24.3 Å². The summed E-state index contributed by atoms with van der Waals surface area (Å²) in [5.41, 5.74) is 1.52. The van der Waals surface area contributed by atoms with E-state index in [1.54, 1.807) is 30.3 Å². The number of anilines is 3. The normalized spacial score (nSPS) is 14.1. The Morgan fingerprint density at radius 3 is 2.65 bits per heavy atom. The highest BCUT2D eigenvalue weighted by Crippen LogP contribution is 2.26. The van der Waals surface area contributed by atoms with Gasteiger partial charge in [-0.3, -0.25) is 9.89 Å². The number of methoxy groups -OCH3 is 1. The predicted molar refractivity (Wildman–Crippen MR) is 115 cm³/mol. The highest BCUT2D eigenvalue weighted by molar-refractivity contribution is 5.92. The molecule has 1 aromatic carbocycles. The van der Waals surface area contributed by atoms with Crippen LogP contribution in [0, 0.1) is 0 Å². The van der Waals surface area contributed by atoms with Crippen LogP contribution in [0.3, 0.4) is 0 Å². The number of rotatable bonds is 5. The van der Waals surface area contributed by atoms with Gasteiger partial charge >= 0.3 is 0 Å². The monoisotopic (exact) mass is 419 g/mol. The fourth-order valence-electron chi connectivity index (χ4n) is 3.54. The Balaban J connectivity index is 1.35. The van der Waals surface area contributed by atoms with E-state index in [-0.39, 0.29) is 5.91 Å². The molecule has 0 saturated carbocycles. The van der Waals surface area contributed by atoms with E-state index in [9.17, 15) is 4.79 Å². The molecule has 1 aliphatic rings. The summed E-state index contributed by atoms with van der Waals surface area (Å²) in [5.74, 6) is 2.28. The summed E-state index contributed by atoms with van der Waals surface area (Å²) >= 11 is 0. The highest BCUT2D eigenvalue weighted by Gasteiger charge is 2.25. The predicted octanol–water partition coefficient (Wildman–Crippen LogP) is 2.66. The summed E-state index contributed by atoms with van der Waals surface area (Å²) < 4.78 is 10.4. The van der Waals surface area contributed by atoms with Gasteiger partial charge in [-0.05, 0) is 36.4 Å². The Bertz CT molecular complexity index is 1180. The molecule has 3 aromatic heterocycles. The van der Waals surface area contributed by atoms with Crippen molar-refractivity contribution >= 4 is 34.4 Å². The molecule has 1 amide bonds. The minimum absolute atomic E-state index is 0.101. The highest BCUT2D eigenvalue weighted by atomic mass is 16.5. The van der Waals surface area contributed by atoms with Crippen molar-refractivity contribution in [3.05, 3.63) is 54.6 Å². The third-order valence-electron chi connectivity index (χ3n) is 5.23. The van der Waals surface area contributed by atoms with Gasteiger partial charge in [0.25, 0.3) is 5.91 Å². The van der Waals surface area contributed by atoms with Crippen LogP contribution in [0.5, 0.6) is 5.75 Å². The van der Waals surface area contributed by atoms with E-state index >= 15 is 0 Å². The number of nitrogens with zero attached hydrogens (tertiary/aromatic N) is 5. The molecule has 1 saturated heterocycles. The summed E-state index contributed by atoms with van der Waals surface area (Å²) in [5, 5.41) is 11.2. The number of fused-ring (bicyclic) bond motifs is 1. The summed E-state index contributed by atoms with van der Waals surface area (Å²) in [6.07, 6.45) is 3.21. The number of carbonyl (C=O) groups excluding carboxylic acids is 1. The third-order valence-corrected chi connectivity index (χ3v) is 5.23. The molecule has 158 valence electrons. The van der Waals surface area contributed by atoms with Crippen molar-refractivity contribution < 1.29 is 13.9 Å². The maximum Gasteiger partial charge on any atom is 0.289 e. The van der Waals surface area contributed by atoms with E-state index in [1.165, 1.54) is 6.26 Å². The number of nitrogens with one attached hydrogen (secondary N) is 2. The number of H-pyrrole nitrogens is 1. The van der Waals surface area contributed by atoms with Crippen molar-refractivity contribution in [2.45, 2.75) is 0 Å². The van der Waals surface area contributed by atoms with Gasteiger partial charge in [-0.1, -0.05) is 0 Å². The maximum absolute atomic E-state index is 12.5. The number of carbonyl (C=O) groups is 1. The molecule has 0 atom stereocenters. The third kappa shape index (κ3) is 3.75. The molecule has 5 rings (SSSR count). The Morgan fingerprint density at radius 1 is 1.13 bits per heavy atom. The smallest absolute Gasteiger partial charge is 0.289 e. The van der Waals surface area contributed by atoms with Crippen LogP contribution in [0.1, 0.15) is 10.6 Å². The van der Waals surface area contributed by atoms with Crippen molar-refractivity contribution in [3.8, 4) is 5.75 Å². The Hall–Kier alpha value is -4.08. The molecule has 31 heavy (non-hydrogen) atoms. The number of aromatic amines is 1. The number of hydrogen-bond donors (Lipinski definition) is 2. The molecule has 10 nitrogen and oxygen atoms in total. The van der Waals surface area contributed by atoms with Crippen LogP contribution in [0.4, 0.5) is 17.5 Å². The zero-order valence-electron chi connectivity index (χ0n) is 16.9. The zero-order valence-corrected chi connectivity index (χ0v) is 16.9. The van der Waals surface area contributed by atoms with Crippen LogP contribution in [0.15, 0.2) is 53.3 Å². The van der Waals surface area contributed by atoms with E-state index in [1.807, 2.05) is 24.3 Å². The first-order valence-electron chi connectivity index (χ1n) is 9.91. The second kappa shape index (κ2) is 7.98. The standard InChI is InChI=1S/C21H21N7O3/c1-30-15-6-4-14(5-7-15)23-18-16-13-22-26-19(16)25-21(24-18)28-10-8-27(9-11-28)20(29)17-3-2-12-31-17/h2-7,12-13H,8-11H2,1H3,(H2,22,23,24,25,26). The first-order chi connectivity index (χ1) is 15.2. The second-order valence-electron chi connectivity index (χ2n) is 7.11. The average Bonchev–Trinajstić information content (AvgIpc) is 3.51. The summed E-state index contributed by atoms with van der Waals surface area (Å²) in [4.78, 5) is 25.7. The first-order valence-corrected chi connectivity index (χ1v) is 9.91. The van der Waals surface area contributed by atoms with Crippen molar-refractivity contribution in [1.29, 1.82) is 0 Å². The summed E-state index contributed by atoms with van der Waals surface area (Å²) in [7, 11) is 1.63. The quantitative estimate of drug-likeness (QED) is 0.508. The molecule has 0 bridgehead atoms. The van der Waals surface area contributed by atoms with Crippen LogP contribution in [0.2, 0.25) is 0 Å². The Morgan fingerprint density at radius 2 is 1.94 bits per heavy atom. The van der Waals surface area contributed by atoms with E-state index in [4.69, 9.17) is 14.1 Å². The molecule has 4 heterocycles. The molecule has 2 N–H and O–H groups in total. The average molecular weight is 419 g/mol. The van der Waals surface area contributed by atoms with Crippen LogP contribution in [-0.4, -0.2) is 64.3 Å². The second-order valence-corrected chi connectivity index (χ2v) is 7.11. The molecule has 1 fully saturated rings. The minimum Gasteiger partial charge on any atom is -0.497 e. The number of ether oxygens (including phenoxy) is 1. The number of hydrogen-bond acceptors (Lipinski definition) is 8. The van der Waals surface area contributed by atoms with Gasteiger partial charge in [-0.25, -0.2) is 0 Å². The number of aromatic nitrogens is 4. The van der Waals surface area contributed by atoms with Crippen molar-refractivity contribution in [2.75, 3.05) is 43.5 Å². The Kier molecular flexibility index (Phi) is 4.87. The lowest BCUT2D eigenvalue weighted by Crippen LogP contribution is -2.49. The van der Waals surface area contributed by atoms with E-state index < -0.39 is 0 Å². The molecule has 0 spiro atoms. The molecular weight excluding hydrogens is 398 g/mol. The summed E-state index contributed by atoms with van der Waals surface area (Å²) in [6, 6.07) is 11.0. The Labute approximate surface area is 177 Å². The summed E-state index contributed by atoms with van der Waals surface area (Å²) in [6.45, 7) is 2.36. The molecule has 0 radical (unpaired) electrons. The van der Waals surface area contributed by atoms with Crippen LogP contribution >= 0.6 is 0 Å². The van der Waals surface area contributed by atoms with Gasteiger partial charge in [0, 0.05) is 31.9 Å². The zero-order chi connectivity index (χ0) is 21.2. The van der Waals surface area contributed by atoms with Crippen molar-refractivity contribution in [2.24, 2.45) is 0 Å². The van der Waals surface area contributed by atoms with Gasteiger partial charge in [-0.15, -0.1) is 0 Å². The number of amides is 1. The maximum atomic E-state index is 12.5. The van der Waals surface area contributed by atoms with Gasteiger partial charge in [-0.2, -0.15) is 15.1 Å². The lowest BCUT2D eigenvalue weighted by atomic mass is 10.3. The fraction of sp³-hybridized carbons (Fsp3) is 0.238. The minimum atomic E-state index is -0.101.